The summed E-state index contributed by atoms with van der Waals surface area (Å²) in [6.45, 7) is 6.05. The van der Waals surface area contributed by atoms with Crippen molar-refractivity contribution in [1.29, 1.82) is 0 Å². The second kappa shape index (κ2) is 5.48. The maximum absolute atomic E-state index is 12.8. The molecule has 0 radical (unpaired) electrons. The summed E-state index contributed by atoms with van der Waals surface area (Å²) in [7, 11) is 1.93. The van der Waals surface area contributed by atoms with E-state index in [1.54, 1.807) is 11.8 Å². The zero-order valence-corrected chi connectivity index (χ0v) is 13.3. The van der Waals surface area contributed by atoms with E-state index < -0.39 is 0 Å². The van der Waals surface area contributed by atoms with Gasteiger partial charge in [0.25, 0.3) is 5.91 Å². The van der Waals surface area contributed by atoms with Crippen LogP contribution < -0.4 is 0 Å². The molecule has 0 aliphatic carbocycles. The molecule has 0 atom stereocenters. The van der Waals surface area contributed by atoms with Crippen LogP contribution in [0.4, 0.5) is 0 Å². The lowest BCUT2D eigenvalue weighted by molar-refractivity contribution is -0.130. The summed E-state index contributed by atoms with van der Waals surface area (Å²) in [5, 5.41) is 1.12. The average molecular weight is 299 g/mol. The van der Waals surface area contributed by atoms with Gasteiger partial charge in [0.15, 0.2) is 0 Å². The second-order valence-corrected chi connectivity index (χ2v) is 5.89. The van der Waals surface area contributed by atoms with Gasteiger partial charge in [-0.1, -0.05) is 12.1 Å². The fourth-order valence-electron chi connectivity index (χ4n) is 3.10. The van der Waals surface area contributed by atoms with Crippen LogP contribution in [-0.4, -0.2) is 52.4 Å². The first-order chi connectivity index (χ1) is 10.5. The van der Waals surface area contributed by atoms with Gasteiger partial charge in [-0.15, -0.1) is 0 Å². The Labute approximate surface area is 130 Å². The number of hydrogen-bond donors (Lipinski definition) is 0. The van der Waals surface area contributed by atoms with Crippen molar-refractivity contribution < 1.29 is 9.59 Å². The SMILES string of the molecule is CC(=O)N1CCN(C(=O)c2cc3c(C)cccc3n2C)CC1. The fraction of sp³-hybridized carbons (Fsp3) is 0.412. The molecule has 0 unspecified atom stereocenters. The molecule has 1 aliphatic heterocycles. The molecule has 3 rings (SSSR count). The minimum atomic E-state index is 0.0429. The number of aromatic nitrogens is 1. The molecule has 1 fully saturated rings. The number of carbonyl (C=O) groups excluding carboxylic acids is 2. The normalized spacial score (nSPS) is 15.4. The van der Waals surface area contributed by atoms with Crippen molar-refractivity contribution in [3.8, 4) is 0 Å². The number of fused-ring (bicyclic) bond motifs is 1. The van der Waals surface area contributed by atoms with Crippen molar-refractivity contribution in [3.63, 3.8) is 0 Å². The van der Waals surface area contributed by atoms with Crippen molar-refractivity contribution in [1.82, 2.24) is 14.4 Å². The Bertz CT molecular complexity index is 740. The number of piperazine rings is 1. The average Bonchev–Trinajstić information content (AvgIpc) is 2.85. The van der Waals surface area contributed by atoms with Crippen LogP contribution in [0.25, 0.3) is 10.9 Å². The van der Waals surface area contributed by atoms with Gasteiger partial charge < -0.3 is 14.4 Å². The maximum atomic E-state index is 12.8. The predicted octanol–water partition coefficient (Wildman–Crippen LogP) is 1.79. The zero-order valence-electron chi connectivity index (χ0n) is 13.3. The summed E-state index contributed by atoms with van der Waals surface area (Å²) >= 11 is 0. The lowest BCUT2D eigenvalue weighted by Crippen LogP contribution is -2.50. The van der Waals surface area contributed by atoms with Gasteiger partial charge in [0.1, 0.15) is 5.69 Å². The second-order valence-electron chi connectivity index (χ2n) is 5.89. The topological polar surface area (TPSA) is 45.6 Å². The van der Waals surface area contributed by atoms with Crippen LogP contribution in [0.2, 0.25) is 0 Å². The molecule has 1 aromatic carbocycles. The van der Waals surface area contributed by atoms with E-state index in [1.165, 1.54) is 5.56 Å². The third-order valence-corrected chi connectivity index (χ3v) is 4.54. The molecule has 116 valence electrons. The first-order valence-corrected chi connectivity index (χ1v) is 7.59. The summed E-state index contributed by atoms with van der Waals surface area (Å²) in [5.74, 6) is 0.119. The van der Waals surface area contributed by atoms with E-state index in [2.05, 4.69) is 13.0 Å². The standard InChI is InChI=1S/C17H21N3O2/c1-12-5-4-6-15-14(12)11-16(18(15)3)17(22)20-9-7-19(8-10-20)13(2)21/h4-6,11H,7-10H2,1-3H3. The predicted molar refractivity (Wildman–Crippen MR) is 85.8 cm³/mol. The number of aryl methyl sites for hydroxylation is 2. The molecule has 2 heterocycles. The molecule has 1 aromatic heterocycles. The first kappa shape index (κ1) is 14.6. The van der Waals surface area contributed by atoms with Crippen molar-refractivity contribution in [2.75, 3.05) is 26.2 Å². The highest BCUT2D eigenvalue weighted by Crippen LogP contribution is 2.23. The number of nitrogens with zero attached hydrogens (tertiary/aromatic N) is 3. The highest BCUT2D eigenvalue weighted by atomic mass is 16.2. The summed E-state index contributed by atoms with van der Waals surface area (Å²) in [6, 6.07) is 8.08. The van der Waals surface area contributed by atoms with Crippen molar-refractivity contribution in [3.05, 3.63) is 35.5 Å². The molecule has 5 nitrogen and oxygen atoms in total. The van der Waals surface area contributed by atoms with E-state index in [-0.39, 0.29) is 11.8 Å². The minimum Gasteiger partial charge on any atom is -0.340 e. The molecule has 0 saturated carbocycles. The zero-order chi connectivity index (χ0) is 15.9. The fourth-order valence-corrected chi connectivity index (χ4v) is 3.10. The summed E-state index contributed by atoms with van der Waals surface area (Å²) in [6.07, 6.45) is 0. The van der Waals surface area contributed by atoms with E-state index in [9.17, 15) is 9.59 Å². The summed E-state index contributed by atoms with van der Waals surface area (Å²) in [5.41, 5.74) is 2.96. The Kier molecular flexibility index (Phi) is 3.64. The number of benzene rings is 1. The van der Waals surface area contributed by atoms with Crippen LogP contribution in [0.5, 0.6) is 0 Å². The van der Waals surface area contributed by atoms with Gasteiger partial charge in [0, 0.05) is 51.1 Å². The molecule has 2 aromatic rings. The van der Waals surface area contributed by atoms with Crippen LogP contribution in [0.15, 0.2) is 24.3 Å². The van der Waals surface area contributed by atoms with Gasteiger partial charge in [0.2, 0.25) is 5.91 Å². The van der Waals surface area contributed by atoms with Gasteiger partial charge in [-0.2, -0.15) is 0 Å². The van der Waals surface area contributed by atoms with E-state index >= 15 is 0 Å². The van der Waals surface area contributed by atoms with E-state index in [0.717, 1.165) is 10.9 Å². The van der Waals surface area contributed by atoms with Gasteiger partial charge in [-0.3, -0.25) is 9.59 Å². The molecule has 2 amide bonds. The molecule has 1 aliphatic rings. The van der Waals surface area contributed by atoms with E-state index in [0.29, 0.717) is 31.9 Å². The van der Waals surface area contributed by atoms with Crippen LogP contribution in [0, 0.1) is 6.92 Å². The molecule has 0 N–H and O–H groups in total. The first-order valence-electron chi connectivity index (χ1n) is 7.59. The Morgan fingerprint density at radius 3 is 2.27 bits per heavy atom. The highest BCUT2D eigenvalue weighted by molar-refractivity contribution is 5.99. The Hall–Kier alpha value is -2.30. The molecule has 0 spiro atoms. The lowest BCUT2D eigenvalue weighted by Gasteiger charge is -2.34. The largest absolute Gasteiger partial charge is 0.340 e. The third kappa shape index (κ3) is 2.36. The molecule has 1 saturated heterocycles. The Balaban J connectivity index is 1.86. The van der Waals surface area contributed by atoms with Gasteiger partial charge in [-0.25, -0.2) is 0 Å². The summed E-state index contributed by atoms with van der Waals surface area (Å²) < 4.78 is 1.96. The van der Waals surface area contributed by atoms with Gasteiger partial charge >= 0.3 is 0 Å². The van der Waals surface area contributed by atoms with Gasteiger partial charge in [-0.05, 0) is 24.6 Å². The van der Waals surface area contributed by atoms with Gasteiger partial charge in [0.05, 0.1) is 0 Å². The number of amides is 2. The van der Waals surface area contributed by atoms with Crippen LogP contribution in [0.1, 0.15) is 23.0 Å². The quantitative estimate of drug-likeness (QED) is 0.806. The minimum absolute atomic E-state index is 0.0429. The Morgan fingerprint density at radius 2 is 1.68 bits per heavy atom. The third-order valence-electron chi connectivity index (χ3n) is 4.54. The maximum Gasteiger partial charge on any atom is 0.270 e. The van der Waals surface area contributed by atoms with Crippen LogP contribution >= 0.6 is 0 Å². The van der Waals surface area contributed by atoms with E-state index in [1.807, 2.05) is 34.7 Å². The van der Waals surface area contributed by atoms with E-state index in [4.69, 9.17) is 0 Å². The number of hydrogen-bond acceptors (Lipinski definition) is 2. The lowest BCUT2D eigenvalue weighted by atomic mass is 10.1. The van der Waals surface area contributed by atoms with Crippen molar-refractivity contribution in [2.45, 2.75) is 13.8 Å². The van der Waals surface area contributed by atoms with Crippen molar-refractivity contribution in [2.24, 2.45) is 7.05 Å². The molecule has 22 heavy (non-hydrogen) atoms. The van der Waals surface area contributed by atoms with Crippen LogP contribution in [0.3, 0.4) is 0 Å². The molecular formula is C17H21N3O2. The summed E-state index contributed by atoms with van der Waals surface area (Å²) in [4.78, 5) is 27.8. The molecular weight excluding hydrogens is 278 g/mol. The van der Waals surface area contributed by atoms with Crippen molar-refractivity contribution >= 4 is 22.7 Å². The number of rotatable bonds is 1. The number of carbonyl (C=O) groups is 2. The smallest absolute Gasteiger partial charge is 0.270 e. The Morgan fingerprint density at radius 1 is 1.05 bits per heavy atom. The monoisotopic (exact) mass is 299 g/mol. The van der Waals surface area contributed by atoms with Crippen LogP contribution in [-0.2, 0) is 11.8 Å². The molecule has 5 heteroatoms. The highest BCUT2D eigenvalue weighted by Gasteiger charge is 2.25. The molecule has 0 bridgehead atoms.